The number of carbonyl (C=O) groups is 1. The van der Waals surface area contributed by atoms with Crippen LogP contribution in [-0.2, 0) is 11.3 Å². The van der Waals surface area contributed by atoms with E-state index in [-0.39, 0.29) is 6.09 Å². The van der Waals surface area contributed by atoms with Crippen molar-refractivity contribution in [1.82, 2.24) is 9.88 Å². The Bertz CT molecular complexity index is 948. The van der Waals surface area contributed by atoms with Crippen molar-refractivity contribution in [2.45, 2.75) is 80.4 Å². The zero-order valence-corrected chi connectivity index (χ0v) is 22.2. The highest BCUT2D eigenvalue weighted by Crippen LogP contribution is 2.34. The Morgan fingerprint density at radius 1 is 1.27 bits per heavy atom. The molecular formula is C28H44N2O3. The minimum Gasteiger partial charge on any atom is -0.497 e. The highest BCUT2D eigenvalue weighted by atomic mass is 16.6. The van der Waals surface area contributed by atoms with Crippen molar-refractivity contribution in [3.05, 3.63) is 42.1 Å². The van der Waals surface area contributed by atoms with E-state index in [1.807, 2.05) is 47.6 Å². The molecule has 1 aromatic carbocycles. The highest BCUT2D eigenvalue weighted by molar-refractivity contribution is 5.96. The number of nitrogens with one attached hydrogen (secondary N) is 1. The summed E-state index contributed by atoms with van der Waals surface area (Å²) >= 11 is 0. The number of methoxy groups -OCH3 is 1. The van der Waals surface area contributed by atoms with Crippen LogP contribution in [0.1, 0.15) is 79.5 Å². The zero-order chi connectivity index (χ0) is 25.2. The normalized spacial score (nSPS) is 12.3. The van der Waals surface area contributed by atoms with Crippen LogP contribution in [-0.4, -0.2) is 29.9 Å². The van der Waals surface area contributed by atoms with Crippen LogP contribution in [0.2, 0.25) is 0 Å². The van der Waals surface area contributed by atoms with Crippen molar-refractivity contribution >= 4 is 28.6 Å². The maximum Gasteiger partial charge on any atom is 0.407 e. The quantitative estimate of drug-likeness (QED) is 0.394. The van der Waals surface area contributed by atoms with Crippen molar-refractivity contribution in [3.63, 3.8) is 0 Å². The summed E-state index contributed by atoms with van der Waals surface area (Å²) in [5.41, 5.74) is 3.93. The summed E-state index contributed by atoms with van der Waals surface area (Å²) in [6.45, 7) is 21.6. The van der Waals surface area contributed by atoms with E-state index in [1.165, 1.54) is 10.9 Å². The Balaban J connectivity index is 0.00000265. The van der Waals surface area contributed by atoms with Crippen molar-refractivity contribution in [2.75, 3.05) is 13.7 Å². The predicted octanol–water partition coefficient (Wildman–Crippen LogP) is 7.68. The molecule has 0 bridgehead atoms. The lowest BCUT2D eigenvalue weighted by molar-refractivity contribution is 0.0526. The van der Waals surface area contributed by atoms with Gasteiger partial charge < -0.3 is 19.4 Å². The predicted molar refractivity (Wildman–Crippen MR) is 142 cm³/mol. The fraction of sp³-hybridized carbons (Fsp3) is 0.536. The van der Waals surface area contributed by atoms with E-state index in [0.717, 1.165) is 41.9 Å². The van der Waals surface area contributed by atoms with Gasteiger partial charge in [-0.2, -0.15) is 0 Å². The average Bonchev–Trinajstić information content (AvgIpc) is 3.07. The molecule has 1 unspecified atom stereocenters. The van der Waals surface area contributed by atoms with E-state index in [2.05, 4.69) is 54.6 Å². The number of rotatable bonds is 9. The van der Waals surface area contributed by atoms with Crippen LogP contribution in [0, 0.1) is 5.92 Å². The number of carbonyl (C=O) groups excluding carboxylic acids is 1. The number of nitrogens with zero attached hydrogens (tertiary/aromatic N) is 1. The van der Waals surface area contributed by atoms with Gasteiger partial charge in [0, 0.05) is 30.1 Å². The fourth-order valence-electron chi connectivity index (χ4n) is 3.48. The molecule has 0 spiro atoms. The SMILES string of the molecule is C=C(C)c1c(/C=C\C(C)CC)c2ccc(OC)cc2n1CCCNC(=O)OC(C)(C)C.CC. The van der Waals surface area contributed by atoms with Gasteiger partial charge in [0.2, 0.25) is 0 Å². The molecule has 5 nitrogen and oxygen atoms in total. The second-order valence-electron chi connectivity index (χ2n) is 9.10. The molecule has 1 amide bonds. The number of hydrogen-bond donors (Lipinski definition) is 1. The molecule has 184 valence electrons. The van der Waals surface area contributed by atoms with Gasteiger partial charge in [0.05, 0.1) is 18.3 Å². The average molecular weight is 457 g/mol. The van der Waals surface area contributed by atoms with Gasteiger partial charge in [0.25, 0.3) is 0 Å². The van der Waals surface area contributed by atoms with Crippen LogP contribution >= 0.6 is 0 Å². The molecular weight excluding hydrogens is 412 g/mol. The van der Waals surface area contributed by atoms with Crippen molar-refractivity contribution < 1.29 is 14.3 Å². The van der Waals surface area contributed by atoms with Gasteiger partial charge in [0.15, 0.2) is 0 Å². The Hall–Kier alpha value is -2.69. The van der Waals surface area contributed by atoms with E-state index in [1.54, 1.807) is 7.11 Å². The van der Waals surface area contributed by atoms with E-state index in [4.69, 9.17) is 9.47 Å². The maximum atomic E-state index is 11.9. The Morgan fingerprint density at radius 2 is 1.94 bits per heavy atom. The summed E-state index contributed by atoms with van der Waals surface area (Å²) in [5.74, 6) is 1.33. The van der Waals surface area contributed by atoms with Crippen molar-refractivity contribution in [2.24, 2.45) is 5.92 Å². The van der Waals surface area contributed by atoms with Gasteiger partial charge in [-0.3, -0.25) is 0 Å². The smallest absolute Gasteiger partial charge is 0.407 e. The first-order valence-electron chi connectivity index (χ1n) is 12.1. The Morgan fingerprint density at radius 3 is 2.48 bits per heavy atom. The topological polar surface area (TPSA) is 52.5 Å². The molecule has 0 aliphatic carbocycles. The summed E-state index contributed by atoms with van der Waals surface area (Å²) in [6.07, 6.45) is 5.97. The lowest BCUT2D eigenvalue weighted by Crippen LogP contribution is -2.33. The number of benzene rings is 1. The molecule has 2 rings (SSSR count). The first kappa shape index (κ1) is 28.3. The summed E-state index contributed by atoms with van der Waals surface area (Å²) in [5, 5.41) is 4.03. The number of hydrogen-bond acceptors (Lipinski definition) is 3. The largest absolute Gasteiger partial charge is 0.497 e. The van der Waals surface area contributed by atoms with Crippen molar-refractivity contribution in [1.29, 1.82) is 0 Å². The Kier molecular flexibility index (Phi) is 11.3. The van der Waals surface area contributed by atoms with Gasteiger partial charge in [-0.25, -0.2) is 4.79 Å². The molecule has 0 aliphatic rings. The van der Waals surface area contributed by atoms with Crippen molar-refractivity contribution in [3.8, 4) is 5.75 Å². The molecule has 1 aromatic heterocycles. The van der Waals surface area contributed by atoms with E-state index >= 15 is 0 Å². The number of aromatic nitrogens is 1. The van der Waals surface area contributed by atoms with Crippen LogP contribution < -0.4 is 10.1 Å². The molecule has 0 saturated carbocycles. The minimum atomic E-state index is -0.499. The second-order valence-corrected chi connectivity index (χ2v) is 9.10. The van der Waals surface area contributed by atoms with Gasteiger partial charge in [-0.1, -0.05) is 52.8 Å². The molecule has 1 heterocycles. The number of amides is 1. The van der Waals surface area contributed by atoms with E-state index < -0.39 is 5.60 Å². The summed E-state index contributed by atoms with van der Waals surface area (Å²) in [6, 6.07) is 6.19. The van der Waals surface area contributed by atoms with Crippen LogP contribution in [0.4, 0.5) is 4.79 Å². The standard InChI is InChI=1S/C26H38N2O3.C2H6/c1-9-19(4)11-13-22-21-14-12-20(30-8)17-23(21)28(24(22)18(2)3)16-10-15-27-25(29)31-26(5,6)7;1-2/h11-14,17,19H,2,9-10,15-16H2,1,3-8H3,(H,27,29);1-2H3/b13-11-;. The second kappa shape index (κ2) is 13.1. The van der Waals surface area contributed by atoms with Crippen LogP contribution in [0.5, 0.6) is 5.75 Å². The first-order valence-corrected chi connectivity index (χ1v) is 12.1. The molecule has 33 heavy (non-hydrogen) atoms. The van der Waals surface area contributed by atoms with Gasteiger partial charge in [-0.05, 0) is 57.7 Å². The van der Waals surface area contributed by atoms with Crippen LogP contribution in [0.25, 0.3) is 22.6 Å². The molecule has 1 atom stereocenters. The monoisotopic (exact) mass is 456 g/mol. The molecule has 5 heteroatoms. The number of alkyl carbamates (subject to hydrolysis) is 1. The molecule has 2 aromatic rings. The summed E-state index contributed by atoms with van der Waals surface area (Å²) in [7, 11) is 1.68. The molecule has 0 radical (unpaired) electrons. The molecule has 1 N–H and O–H groups in total. The number of fused-ring (bicyclic) bond motifs is 1. The number of aryl methyl sites for hydroxylation is 1. The molecule has 0 aliphatic heterocycles. The number of ether oxygens (including phenoxy) is 2. The van der Waals surface area contributed by atoms with Gasteiger partial charge in [0.1, 0.15) is 11.4 Å². The van der Waals surface area contributed by atoms with E-state index in [0.29, 0.717) is 12.5 Å². The first-order chi connectivity index (χ1) is 15.6. The fourth-order valence-corrected chi connectivity index (χ4v) is 3.48. The van der Waals surface area contributed by atoms with Gasteiger partial charge in [-0.15, -0.1) is 0 Å². The summed E-state index contributed by atoms with van der Waals surface area (Å²) in [4.78, 5) is 11.9. The zero-order valence-electron chi connectivity index (χ0n) is 22.2. The lowest BCUT2D eigenvalue weighted by Gasteiger charge is -2.19. The third-order valence-electron chi connectivity index (χ3n) is 5.18. The Labute approximate surface area is 200 Å². The molecule has 0 saturated heterocycles. The molecule has 0 fully saturated rings. The third kappa shape index (κ3) is 8.30. The van der Waals surface area contributed by atoms with Gasteiger partial charge >= 0.3 is 6.09 Å². The summed E-state index contributed by atoms with van der Waals surface area (Å²) < 4.78 is 13.1. The number of allylic oxidation sites excluding steroid dienone is 2. The highest BCUT2D eigenvalue weighted by Gasteiger charge is 2.18. The lowest BCUT2D eigenvalue weighted by atomic mass is 10.0. The minimum absolute atomic E-state index is 0.385. The maximum absolute atomic E-state index is 11.9. The van der Waals surface area contributed by atoms with Crippen LogP contribution in [0.3, 0.4) is 0 Å². The van der Waals surface area contributed by atoms with Crippen LogP contribution in [0.15, 0.2) is 30.9 Å². The third-order valence-corrected chi connectivity index (χ3v) is 5.18. The van der Waals surface area contributed by atoms with E-state index in [9.17, 15) is 4.79 Å².